The zero-order valence-corrected chi connectivity index (χ0v) is 11.9. The van der Waals surface area contributed by atoms with Gasteiger partial charge in [-0.2, -0.15) is 0 Å². The molecule has 0 spiro atoms. The second kappa shape index (κ2) is 7.03. The smallest absolute Gasteiger partial charge is 0.434 e. The van der Waals surface area contributed by atoms with Gasteiger partial charge in [-0.15, -0.1) is 0 Å². The molecule has 0 aliphatic carbocycles. The van der Waals surface area contributed by atoms with E-state index in [1.165, 1.54) is 30.7 Å². The molecule has 1 aliphatic heterocycles. The molecule has 1 heterocycles. The SMILES string of the molecule is CN1CCCC1CCOC(=O)Oc1ccc([N+](=O)[O-])cc1. The molecule has 0 amide bonds. The number of hydrogen-bond acceptors (Lipinski definition) is 6. The van der Waals surface area contributed by atoms with Gasteiger partial charge in [-0.25, -0.2) is 4.79 Å². The van der Waals surface area contributed by atoms with Crippen LogP contribution < -0.4 is 4.74 Å². The van der Waals surface area contributed by atoms with Crippen molar-refractivity contribution in [2.24, 2.45) is 0 Å². The van der Waals surface area contributed by atoms with E-state index in [2.05, 4.69) is 11.9 Å². The van der Waals surface area contributed by atoms with E-state index < -0.39 is 11.1 Å². The Balaban J connectivity index is 1.72. The fraction of sp³-hybridized carbons (Fsp3) is 0.500. The summed E-state index contributed by atoms with van der Waals surface area (Å²) in [6.45, 7) is 1.39. The summed E-state index contributed by atoms with van der Waals surface area (Å²) in [6.07, 6.45) is 2.29. The van der Waals surface area contributed by atoms with Crippen LogP contribution >= 0.6 is 0 Å². The maximum Gasteiger partial charge on any atom is 0.513 e. The van der Waals surface area contributed by atoms with Gasteiger partial charge in [0.1, 0.15) is 5.75 Å². The number of non-ortho nitro benzene ring substituents is 1. The van der Waals surface area contributed by atoms with Crippen LogP contribution in [0.3, 0.4) is 0 Å². The van der Waals surface area contributed by atoms with Crippen molar-refractivity contribution in [3.8, 4) is 5.75 Å². The Hall–Kier alpha value is -2.15. The van der Waals surface area contributed by atoms with Gasteiger partial charge >= 0.3 is 6.16 Å². The monoisotopic (exact) mass is 294 g/mol. The molecule has 1 saturated heterocycles. The van der Waals surface area contributed by atoms with Crippen molar-refractivity contribution < 1.29 is 19.2 Å². The molecule has 1 aliphatic rings. The van der Waals surface area contributed by atoms with Crippen molar-refractivity contribution in [3.05, 3.63) is 34.4 Å². The lowest BCUT2D eigenvalue weighted by atomic mass is 10.2. The van der Waals surface area contributed by atoms with E-state index in [-0.39, 0.29) is 11.4 Å². The Morgan fingerprint density at radius 3 is 2.71 bits per heavy atom. The van der Waals surface area contributed by atoms with Gasteiger partial charge in [-0.3, -0.25) is 10.1 Å². The maximum atomic E-state index is 11.5. The van der Waals surface area contributed by atoms with Crippen LogP contribution in [0.1, 0.15) is 19.3 Å². The number of likely N-dealkylation sites (tertiary alicyclic amines) is 1. The van der Waals surface area contributed by atoms with Gasteiger partial charge in [-0.05, 0) is 45.0 Å². The lowest BCUT2D eigenvalue weighted by Gasteiger charge is -2.18. The molecule has 0 radical (unpaired) electrons. The standard InChI is InChI=1S/C14H18N2O5/c1-15-9-2-3-11(15)8-10-20-14(17)21-13-6-4-12(5-7-13)16(18)19/h4-7,11H,2-3,8-10H2,1H3. The summed E-state index contributed by atoms with van der Waals surface area (Å²) in [6, 6.07) is 5.73. The molecule has 0 aromatic heterocycles. The highest BCUT2D eigenvalue weighted by Crippen LogP contribution is 2.19. The highest BCUT2D eigenvalue weighted by Gasteiger charge is 2.21. The molecule has 1 fully saturated rings. The Kier molecular flexibility index (Phi) is 5.10. The zero-order valence-electron chi connectivity index (χ0n) is 11.9. The summed E-state index contributed by atoms with van der Waals surface area (Å²) < 4.78 is 9.96. The first kappa shape index (κ1) is 15.2. The Morgan fingerprint density at radius 1 is 1.43 bits per heavy atom. The summed E-state index contributed by atoms with van der Waals surface area (Å²) in [5.41, 5.74) is -0.0556. The Labute approximate surface area is 122 Å². The number of carbonyl (C=O) groups is 1. The number of nitro groups is 1. The van der Waals surface area contributed by atoms with Gasteiger partial charge in [0.05, 0.1) is 11.5 Å². The van der Waals surface area contributed by atoms with Gasteiger partial charge in [0.25, 0.3) is 5.69 Å². The van der Waals surface area contributed by atoms with Gasteiger partial charge in [0.2, 0.25) is 0 Å². The molecule has 2 rings (SSSR count). The molecule has 0 N–H and O–H groups in total. The minimum Gasteiger partial charge on any atom is -0.434 e. The van der Waals surface area contributed by atoms with E-state index in [1.807, 2.05) is 0 Å². The van der Waals surface area contributed by atoms with Crippen molar-refractivity contribution in [3.63, 3.8) is 0 Å². The third-order valence-corrected chi connectivity index (χ3v) is 3.59. The van der Waals surface area contributed by atoms with Gasteiger partial charge < -0.3 is 14.4 Å². The highest BCUT2D eigenvalue weighted by molar-refractivity contribution is 5.63. The first-order valence-electron chi connectivity index (χ1n) is 6.85. The average Bonchev–Trinajstić information content (AvgIpc) is 2.85. The molecule has 1 atom stereocenters. The molecule has 1 aromatic rings. The minimum absolute atomic E-state index is 0.0556. The van der Waals surface area contributed by atoms with Crippen LogP contribution in [0.15, 0.2) is 24.3 Å². The minimum atomic E-state index is -0.787. The fourth-order valence-electron chi connectivity index (χ4n) is 2.38. The van der Waals surface area contributed by atoms with E-state index in [9.17, 15) is 14.9 Å². The molecular formula is C14H18N2O5. The van der Waals surface area contributed by atoms with Crippen LogP contribution in [0.25, 0.3) is 0 Å². The van der Waals surface area contributed by atoms with E-state index in [1.54, 1.807) is 0 Å². The lowest BCUT2D eigenvalue weighted by Crippen LogP contribution is -2.26. The summed E-state index contributed by atoms with van der Waals surface area (Å²) in [4.78, 5) is 23.7. The van der Waals surface area contributed by atoms with Crippen LogP contribution in [0.5, 0.6) is 5.75 Å². The topological polar surface area (TPSA) is 81.9 Å². The third-order valence-electron chi connectivity index (χ3n) is 3.59. The Morgan fingerprint density at radius 2 is 2.14 bits per heavy atom. The quantitative estimate of drug-likeness (QED) is 0.359. The van der Waals surface area contributed by atoms with E-state index in [0.717, 1.165) is 19.4 Å². The first-order chi connectivity index (χ1) is 10.1. The van der Waals surface area contributed by atoms with Crippen molar-refractivity contribution in [2.75, 3.05) is 20.2 Å². The first-order valence-corrected chi connectivity index (χ1v) is 6.85. The molecule has 21 heavy (non-hydrogen) atoms. The van der Waals surface area contributed by atoms with Crippen LogP contribution in [-0.2, 0) is 4.74 Å². The van der Waals surface area contributed by atoms with Crippen LogP contribution in [-0.4, -0.2) is 42.2 Å². The predicted octanol–water partition coefficient (Wildman–Crippen LogP) is 2.59. The summed E-state index contributed by atoms with van der Waals surface area (Å²) in [5, 5.41) is 10.5. The van der Waals surface area contributed by atoms with Crippen molar-refractivity contribution >= 4 is 11.8 Å². The summed E-state index contributed by atoms with van der Waals surface area (Å²) in [7, 11) is 2.06. The normalized spacial score (nSPS) is 18.4. The summed E-state index contributed by atoms with van der Waals surface area (Å²) in [5.74, 6) is 0.226. The van der Waals surface area contributed by atoms with Gasteiger partial charge in [0.15, 0.2) is 0 Å². The van der Waals surface area contributed by atoms with Crippen molar-refractivity contribution in [1.82, 2.24) is 4.90 Å². The second-order valence-corrected chi connectivity index (χ2v) is 5.02. The number of nitro benzene ring substituents is 1. The molecule has 7 heteroatoms. The molecule has 7 nitrogen and oxygen atoms in total. The molecule has 0 bridgehead atoms. The molecule has 114 valence electrons. The van der Waals surface area contributed by atoms with Gasteiger partial charge in [-0.1, -0.05) is 0 Å². The van der Waals surface area contributed by atoms with Crippen LogP contribution in [0.4, 0.5) is 10.5 Å². The predicted molar refractivity (Wildman–Crippen MR) is 75.3 cm³/mol. The van der Waals surface area contributed by atoms with Crippen molar-refractivity contribution in [2.45, 2.75) is 25.3 Å². The summed E-state index contributed by atoms with van der Waals surface area (Å²) >= 11 is 0. The number of ether oxygens (including phenoxy) is 2. The van der Waals surface area contributed by atoms with E-state index >= 15 is 0 Å². The molecular weight excluding hydrogens is 276 g/mol. The second-order valence-electron chi connectivity index (χ2n) is 5.02. The van der Waals surface area contributed by atoms with Gasteiger partial charge in [0, 0.05) is 18.2 Å². The van der Waals surface area contributed by atoms with Crippen molar-refractivity contribution in [1.29, 1.82) is 0 Å². The number of carbonyl (C=O) groups excluding carboxylic acids is 1. The maximum absolute atomic E-state index is 11.5. The average molecular weight is 294 g/mol. The number of benzene rings is 1. The number of rotatable bonds is 5. The van der Waals surface area contributed by atoms with E-state index in [4.69, 9.17) is 9.47 Å². The Bertz CT molecular complexity index is 503. The molecule has 1 unspecified atom stereocenters. The highest BCUT2D eigenvalue weighted by atomic mass is 16.7. The number of nitrogens with zero attached hydrogens (tertiary/aromatic N) is 2. The molecule has 0 saturated carbocycles. The van der Waals surface area contributed by atoms with Crippen LogP contribution in [0.2, 0.25) is 0 Å². The lowest BCUT2D eigenvalue weighted by molar-refractivity contribution is -0.384. The molecule has 1 aromatic carbocycles. The third kappa shape index (κ3) is 4.42. The number of hydrogen-bond donors (Lipinski definition) is 0. The van der Waals surface area contributed by atoms with E-state index in [0.29, 0.717) is 12.6 Å². The fourth-order valence-corrected chi connectivity index (χ4v) is 2.38. The zero-order chi connectivity index (χ0) is 15.2. The van der Waals surface area contributed by atoms with Crippen LogP contribution in [0, 0.1) is 10.1 Å². The largest absolute Gasteiger partial charge is 0.513 e.